The van der Waals surface area contributed by atoms with Crippen molar-refractivity contribution in [3.05, 3.63) is 35.9 Å². The summed E-state index contributed by atoms with van der Waals surface area (Å²) in [4.78, 5) is 24.8. The van der Waals surface area contributed by atoms with Crippen LogP contribution >= 0.6 is 0 Å². The maximum Gasteiger partial charge on any atom is 0.330 e. The first-order valence-electron chi connectivity index (χ1n) is 6.46. The summed E-state index contributed by atoms with van der Waals surface area (Å²) in [6.45, 7) is 0.712. The van der Waals surface area contributed by atoms with Gasteiger partial charge in [-0.15, -0.1) is 0 Å². The van der Waals surface area contributed by atoms with Crippen LogP contribution in [0.4, 0.5) is 4.79 Å². The number of morpholine rings is 1. The van der Waals surface area contributed by atoms with Gasteiger partial charge in [0.15, 0.2) is 12.1 Å². The molecule has 110 valence electrons. The van der Waals surface area contributed by atoms with Crippen LogP contribution in [0, 0.1) is 11.3 Å². The molecule has 7 heteroatoms. The summed E-state index contributed by atoms with van der Waals surface area (Å²) in [6.07, 6.45) is -0.676. The third-order valence-electron chi connectivity index (χ3n) is 3.15. The summed E-state index contributed by atoms with van der Waals surface area (Å²) in [7, 11) is 0. The fraction of sp³-hybridized carbons (Fsp3) is 0.357. The Morgan fingerprint density at radius 3 is 2.76 bits per heavy atom. The fourth-order valence-corrected chi connectivity index (χ4v) is 2.06. The third kappa shape index (κ3) is 3.70. The zero-order chi connectivity index (χ0) is 15.2. The number of nitriles is 1. The van der Waals surface area contributed by atoms with E-state index in [1.807, 2.05) is 6.07 Å². The number of rotatable bonds is 3. The summed E-state index contributed by atoms with van der Waals surface area (Å²) in [6, 6.07) is 8.75. The van der Waals surface area contributed by atoms with Gasteiger partial charge >= 0.3 is 12.0 Å². The first-order chi connectivity index (χ1) is 10.1. The number of hydrogen-bond acceptors (Lipinski definition) is 4. The Hall–Kier alpha value is -2.59. The molecule has 0 saturated carbocycles. The van der Waals surface area contributed by atoms with Crippen LogP contribution in [0.25, 0.3) is 0 Å². The molecular weight excluding hydrogens is 274 g/mol. The number of carboxylic acids is 1. The molecule has 1 aromatic rings. The molecule has 0 bridgehead atoms. The molecule has 1 fully saturated rings. The molecule has 1 aromatic carbocycles. The summed E-state index contributed by atoms with van der Waals surface area (Å²) < 4.78 is 5.15. The number of carbonyl (C=O) groups excluding carboxylic acids is 1. The summed E-state index contributed by atoms with van der Waals surface area (Å²) in [5, 5.41) is 20.5. The average Bonchev–Trinajstić information content (AvgIpc) is 2.53. The number of benzene rings is 1. The molecule has 2 amide bonds. The third-order valence-corrected chi connectivity index (χ3v) is 3.15. The number of carboxylic acid groups (broad SMARTS) is 1. The van der Waals surface area contributed by atoms with E-state index in [0.29, 0.717) is 12.1 Å². The lowest BCUT2D eigenvalue weighted by molar-refractivity contribution is -0.139. The fourth-order valence-electron chi connectivity index (χ4n) is 2.06. The summed E-state index contributed by atoms with van der Waals surface area (Å²) in [5.41, 5.74) is 0.489. The Morgan fingerprint density at radius 1 is 1.43 bits per heavy atom. The van der Waals surface area contributed by atoms with Gasteiger partial charge in [-0.1, -0.05) is 30.3 Å². The molecular formula is C14H15N3O4. The maximum absolute atomic E-state index is 12.1. The number of amides is 2. The molecule has 1 unspecified atom stereocenters. The number of carbonyl (C=O) groups is 2. The van der Waals surface area contributed by atoms with Crippen molar-refractivity contribution in [1.82, 2.24) is 10.2 Å². The highest BCUT2D eigenvalue weighted by atomic mass is 16.5. The molecule has 2 atom stereocenters. The summed E-state index contributed by atoms with van der Waals surface area (Å²) >= 11 is 0. The van der Waals surface area contributed by atoms with Crippen LogP contribution in [-0.4, -0.2) is 47.8 Å². The molecule has 0 radical (unpaired) electrons. The number of nitrogens with one attached hydrogen (secondary N) is 1. The van der Waals surface area contributed by atoms with Gasteiger partial charge < -0.3 is 20.1 Å². The first-order valence-corrected chi connectivity index (χ1v) is 6.46. The second-order valence-electron chi connectivity index (χ2n) is 4.57. The lowest BCUT2D eigenvalue weighted by atomic mass is 10.1. The van der Waals surface area contributed by atoms with E-state index in [9.17, 15) is 14.7 Å². The minimum atomic E-state index is -1.14. The molecule has 2 N–H and O–H groups in total. The van der Waals surface area contributed by atoms with Crippen molar-refractivity contribution >= 4 is 12.0 Å². The van der Waals surface area contributed by atoms with Gasteiger partial charge in [0.1, 0.15) is 0 Å². The molecule has 1 heterocycles. The standard InChI is InChI=1S/C14H15N3O4/c15-8-11-9-17(6-7-21-11)14(20)16-12(13(18)19)10-4-2-1-3-5-10/h1-5,11-12H,6-7,9H2,(H,16,20)(H,18,19)/t11?,12-/m0/s1. The van der Waals surface area contributed by atoms with Crippen molar-refractivity contribution in [2.24, 2.45) is 0 Å². The Morgan fingerprint density at radius 2 is 2.14 bits per heavy atom. The highest BCUT2D eigenvalue weighted by Gasteiger charge is 2.28. The van der Waals surface area contributed by atoms with E-state index in [4.69, 9.17) is 10.00 Å². The Labute approximate surface area is 121 Å². The monoisotopic (exact) mass is 289 g/mol. The van der Waals surface area contributed by atoms with Crippen molar-refractivity contribution in [2.75, 3.05) is 19.7 Å². The number of urea groups is 1. The van der Waals surface area contributed by atoms with E-state index in [2.05, 4.69) is 5.32 Å². The smallest absolute Gasteiger partial charge is 0.330 e. The maximum atomic E-state index is 12.1. The predicted octanol–water partition coefficient (Wildman–Crippen LogP) is 0.746. The Kier molecular flexibility index (Phi) is 4.74. The van der Waals surface area contributed by atoms with Gasteiger partial charge in [0.25, 0.3) is 0 Å². The lowest BCUT2D eigenvalue weighted by Gasteiger charge is -2.30. The van der Waals surface area contributed by atoms with E-state index < -0.39 is 24.1 Å². The van der Waals surface area contributed by atoms with Crippen molar-refractivity contribution in [1.29, 1.82) is 5.26 Å². The zero-order valence-corrected chi connectivity index (χ0v) is 11.2. The van der Waals surface area contributed by atoms with Crippen molar-refractivity contribution in [3.8, 4) is 6.07 Å². The highest BCUT2D eigenvalue weighted by Crippen LogP contribution is 2.14. The molecule has 21 heavy (non-hydrogen) atoms. The van der Waals surface area contributed by atoms with E-state index in [0.717, 1.165) is 0 Å². The SMILES string of the molecule is N#CC1CN(C(=O)N[C@H](C(=O)O)c2ccccc2)CCO1. The molecule has 1 aliphatic heterocycles. The van der Waals surface area contributed by atoms with Crippen LogP contribution < -0.4 is 5.32 Å². The zero-order valence-electron chi connectivity index (χ0n) is 11.2. The topological polar surface area (TPSA) is 103 Å². The van der Waals surface area contributed by atoms with Gasteiger partial charge in [-0.2, -0.15) is 5.26 Å². The van der Waals surface area contributed by atoms with Crippen molar-refractivity contribution < 1.29 is 19.4 Å². The van der Waals surface area contributed by atoms with E-state index >= 15 is 0 Å². The van der Waals surface area contributed by atoms with Crippen LogP contribution in [-0.2, 0) is 9.53 Å². The van der Waals surface area contributed by atoms with Crippen LogP contribution in [0.15, 0.2) is 30.3 Å². The minimum absolute atomic E-state index is 0.128. The molecule has 7 nitrogen and oxygen atoms in total. The molecule has 0 spiro atoms. The second-order valence-corrected chi connectivity index (χ2v) is 4.57. The molecule has 1 aliphatic rings. The number of ether oxygens (including phenoxy) is 1. The highest BCUT2D eigenvalue weighted by molar-refractivity contribution is 5.83. The van der Waals surface area contributed by atoms with E-state index in [1.54, 1.807) is 30.3 Å². The average molecular weight is 289 g/mol. The molecule has 2 rings (SSSR count). The molecule has 0 aliphatic carbocycles. The lowest BCUT2D eigenvalue weighted by Crippen LogP contribution is -2.50. The van der Waals surface area contributed by atoms with Gasteiger partial charge in [-0.05, 0) is 5.56 Å². The largest absolute Gasteiger partial charge is 0.479 e. The van der Waals surface area contributed by atoms with E-state index in [-0.39, 0.29) is 13.2 Å². The van der Waals surface area contributed by atoms with Crippen LogP contribution in [0.3, 0.4) is 0 Å². The van der Waals surface area contributed by atoms with E-state index in [1.165, 1.54) is 4.90 Å². The molecule has 1 saturated heterocycles. The van der Waals surface area contributed by atoms with Gasteiger partial charge in [-0.25, -0.2) is 9.59 Å². The number of hydrogen-bond donors (Lipinski definition) is 2. The van der Waals surface area contributed by atoms with Gasteiger partial charge in [0, 0.05) is 6.54 Å². The van der Waals surface area contributed by atoms with Crippen molar-refractivity contribution in [3.63, 3.8) is 0 Å². The van der Waals surface area contributed by atoms with Crippen LogP contribution in [0.2, 0.25) is 0 Å². The number of aliphatic carboxylic acids is 1. The summed E-state index contributed by atoms with van der Waals surface area (Å²) in [5.74, 6) is -1.14. The van der Waals surface area contributed by atoms with Gasteiger partial charge in [-0.3, -0.25) is 0 Å². The Bertz CT molecular complexity index is 555. The number of nitrogens with zero attached hydrogens (tertiary/aromatic N) is 2. The van der Waals surface area contributed by atoms with Gasteiger partial charge in [0.2, 0.25) is 0 Å². The first kappa shape index (κ1) is 14.8. The van der Waals surface area contributed by atoms with Crippen LogP contribution in [0.5, 0.6) is 0 Å². The van der Waals surface area contributed by atoms with Gasteiger partial charge in [0.05, 0.1) is 19.2 Å². The predicted molar refractivity (Wildman–Crippen MR) is 72.3 cm³/mol. The molecule has 0 aromatic heterocycles. The van der Waals surface area contributed by atoms with Crippen molar-refractivity contribution in [2.45, 2.75) is 12.1 Å². The minimum Gasteiger partial charge on any atom is -0.479 e. The Balaban J connectivity index is 2.06. The second kappa shape index (κ2) is 6.72. The van der Waals surface area contributed by atoms with Crippen LogP contribution in [0.1, 0.15) is 11.6 Å². The quantitative estimate of drug-likeness (QED) is 0.854. The normalized spacial score (nSPS) is 19.4.